The zero-order chi connectivity index (χ0) is 34.8. The monoisotopic (exact) mass is 672 g/mol. The highest BCUT2D eigenvalue weighted by molar-refractivity contribution is 5.97. The molecule has 3 aromatic rings. The quantitative estimate of drug-likeness (QED) is 0.129. The summed E-state index contributed by atoms with van der Waals surface area (Å²) in [5, 5.41) is 15.4. The molecule has 1 aliphatic carbocycles. The number of carboxylic acids is 1. The molecular formula is C37H44N4O8. The largest absolute Gasteiger partial charge is 0.497 e. The number of likely N-dealkylation sites (tertiary alicyclic amines) is 1. The number of hydrogen-bond acceptors (Lipinski definition) is 8. The fraction of sp³-hybridized carbons (Fsp3) is 0.432. The van der Waals surface area contributed by atoms with Crippen molar-refractivity contribution < 1.29 is 38.5 Å². The molecule has 0 radical (unpaired) electrons. The number of urea groups is 1. The van der Waals surface area contributed by atoms with Gasteiger partial charge in [-0.05, 0) is 57.1 Å². The van der Waals surface area contributed by atoms with Crippen molar-refractivity contribution in [3.63, 3.8) is 0 Å². The molecule has 260 valence electrons. The van der Waals surface area contributed by atoms with E-state index in [1.807, 2.05) is 42.5 Å². The summed E-state index contributed by atoms with van der Waals surface area (Å²) < 4.78 is 16.8. The van der Waals surface area contributed by atoms with Crippen molar-refractivity contribution in [1.29, 1.82) is 0 Å². The summed E-state index contributed by atoms with van der Waals surface area (Å²) in [6.45, 7) is 1.63. The van der Waals surface area contributed by atoms with Gasteiger partial charge in [-0.3, -0.25) is 10.1 Å². The molecule has 1 aromatic heterocycles. The SMILES string of the molecule is CCOC(=O)NC(=O)[C@@H]1C[C@@H](Oc2cc(-c3ccccc3)nc3cc(OC)ccc23)CN1C(=O)N[C@@H](CCCCC/C=C\C1CC1)C(=O)O. The van der Waals surface area contributed by atoms with Crippen molar-refractivity contribution in [3.8, 4) is 22.8 Å². The molecule has 5 rings (SSSR count). The number of imide groups is 1. The lowest BCUT2D eigenvalue weighted by Crippen LogP contribution is -2.53. The van der Waals surface area contributed by atoms with Crippen LogP contribution in [0.15, 0.2) is 66.7 Å². The van der Waals surface area contributed by atoms with Gasteiger partial charge in [-0.15, -0.1) is 0 Å². The number of nitrogens with one attached hydrogen (secondary N) is 2. The zero-order valence-electron chi connectivity index (χ0n) is 27.9. The Morgan fingerprint density at radius 3 is 2.57 bits per heavy atom. The molecule has 0 bridgehead atoms. The molecular weight excluding hydrogens is 628 g/mol. The Labute approximate surface area is 285 Å². The van der Waals surface area contributed by atoms with Gasteiger partial charge in [-0.25, -0.2) is 19.4 Å². The highest BCUT2D eigenvalue weighted by atomic mass is 16.5. The number of hydrogen-bond donors (Lipinski definition) is 3. The number of rotatable bonds is 15. The lowest BCUT2D eigenvalue weighted by atomic mass is 10.1. The van der Waals surface area contributed by atoms with Crippen LogP contribution in [0.5, 0.6) is 11.5 Å². The molecule has 2 aromatic carbocycles. The molecule has 1 saturated heterocycles. The summed E-state index contributed by atoms with van der Waals surface area (Å²) in [5.41, 5.74) is 2.15. The Hall–Kier alpha value is -5.13. The highest BCUT2D eigenvalue weighted by Crippen LogP contribution is 2.34. The number of carbonyl (C=O) groups is 4. The minimum Gasteiger partial charge on any atom is -0.497 e. The predicted molar refractivity (Wildman–Crippen MR) is 183 cm³/mol. The maximum absolute atomic E-state index is 13.6. The number of aliphatic carboxylic acids is 1. The second kappa shape index (κ2) is 16.8. The molecule has 0 unspecified atom stereocenters. The maximum atomic E-state index is 13.6. The molecule has 0 spiro atoms. The summed E-state index contributed by atoms with van der Waals surface area (Å²) >= 11 is 0. The minimum absolute atomic E-state index is 0.0347. The molecule has 2 aliphatic rings. The maximum Gasteiger partial charge on any atom is 0.413 e. The van der Waals surface area contributed by atoms with E-state index in [1.165, 1.54) is 17.7 Å². The fourth-order valence-electron chi connectivity index (χ4n) is 5.90. The standard InChI is InChI=1S/C37H44N4O8/c1-3-48-37(46)40-34(42)32-21-27(23-41(32)36(45)39-29(35(43)44)15-11-6-4-5-8-12-24-16-17-24)49-33-22-30(25-13-9-7-10-14-25)38-31-20-26(47-2)18-19-28(31)33/h7-10,12-14,18-20,22,24,27,29,32H,3-6,11,15-17,21,23H2,1-2H3,(H,39,45)(H,43,44)(H,40,42,46)/b12-8-/t27-,29+,32+/m1/s1. The van der Waals surface area contributed by atoms with Crippen molar-refractivity contribution in [2.75, 3.05) is 20.3 Å². The van der Waals surface area contributed by atoms with Gasteiger partial charge in [0.15, 0.2) is 0 Å². The summed E-state index contributed by atoms with van der Waals surface area (Å²) in [6.07, 6.45) is 8.98. The summed E-state index contributed by atoms with van der Waals surface area (Å²) in [5.74, 6) is -0.0771. The number of allylic oxidation sites excluding steroid dienone is 2. The van der Waals surface area contributed by atoms with Gasteiger partial charge >= 0.3 is 18.1 Å². The normalized spacial score (nSPS) is 17.9. The van der Waals surface area contributed by atoms with Crippen LogP contribution in [-0.2, 0) is 14.3 Å². The third-order valence-electron chi connectivity index (χ3n) is 8.66. The number of nitrogens with zero attached hydrogens (tertiary/aromatic N) is 2. The first-order valence-electron chi connectivity index (χ1n) is 16.9. The molecule has 12 nitrogen and oxygen atoms in total. The predicted octanol–water partition coefficient (Wildman–Crippen LogP) is 6.08. The number of aromatic nitrogens is 1. The summed E-state index contributed by atoms with van der Waals surface area (Å²) in [4.78, 5) is 57.2. The van der Waals surface area contributed by atoms with Crippen molar-refractivity contribution in [2.24, 2.45) is 5.92 Å². The van der Waals surface area contributed by atoms with Crippen molar-refractivity contribution in [3.05, 3.63) is 66.7 Å². The molecule has 12 heteroatoms. The van der Waals surface area contributed by atoms with E-state index in [0.29, 0.717) is 34.5 Å². The molecule has 1 aliphatic heterocycles. The van der Waals surface area contributed by atoms with Gasteiger partial charge in [0.05, 0.1) is 31.5 Å². The van der Waals surface area contributed by atoms with Crippen LogP contribution in [-0.4, -0.2) is 77.4 Å². The molecule has 2 fully saturated rings. The van der Waals surface area contributed by atoms with Crippen LogP contribution in [0.4, 0.5) is 9.59 Å². The van der Waals surface area contributed by atoms with E-state index < -0.39 is 42.2 Å². The van der Waals surface area contributed by atoms with Crippen LogP contribution in [0.25, 0.3) is 22.2 Å². The molecule has 49 heavy (non-hydrogen) atoms. The number of alkyl carbamates (subject to hydrolysis) is 1. The van der Waals surface area contributed by atoms with E-state index in [2.05, 4.69) is 22.8 Å². The first-order valence-corrected chi connectivity index (χ1v) is 16.9. The van der Waals surface area contributed by atoms with Gasteiger partial charge in [0, 0.05) is 29.5 Å². The first kappa shape index (κ1) is 35.2. The molecule has 3 atom stereocenters. The number of pyridine rings is 1. The van der Waals surface area contributed by atoms with Crippen LogP contribution < -0.4 is 20.1 Å². The summed E-state index contributed by atoms with van der Waals surface area (Å²) in [6, 6.07) is 13.8. The first-order chi connectivity index (χ1) is 23.7. The molecule has 1 saturated carbocycles. The van der Waals surface area contributed by atoms with E-state index in [-0.39, 0.29) is 26.0 Å². The number of unbranched alkanes of at least 4 members (excludes halogenated alkanes) is 3. The number of ether oxygens (including phenoxy) is 3. The Bertz CT molecular complexity index is 1660. The average molecular weight is 673 g/mol. The number of methoxy groups -OCH3 is 1. The van der Waals surface area contributed by atoms with Crippen LogP contribution in [0.3, 0.4) is 0 Å². The van der Waals surface area contributed by atoms with Gasteiger partial charge in [-0.1, -0.05) is 55.3 Å². The van der Waals surface area contributed by atoms with Gasteiger partial charge in [0.2, 0.25) is 0 Å². The summed E-state index contributed by atoms with van der Waals surface area (Å²) in [7, 11) is 1.57. The van der Waals surface area contributed by atoms with Crippen molar-refractivity contribution in [1.82, 2.24) is 20.5 Å². The second-order valence-corrected chi connectivity index (χ2v) is 12.4. The number of carbonyl (C=O) groups excluding carboxylic acids is 3. The van der Waals surface area contributed by atoms with Crippen molar-refractivity contribution >= 4 is 34.9 Å². The lowest BCUT2D eigenvalue weighted by molar-refractivity contribution is -0.139. The molecule has 3 N–H and O–H groups in total. The Morgan fingerprint density at radius 1 is 1.06 bits per heavy atom. The third kappa shape index (κ3) is 9.71. The van der Waals surface area contributed by atoms with E-state index >= 15 is 0 Å². The number of carboxylic acid groups (broad SMARTS) is 1. The Kier molecular flexibility index (Phi) is 12.1. The Morgan fingerprint density at radius 2 is 1.86 bits per heavy atom. The van der Waals surface area contributed by atoms with Gasteiger partial charge < -0.3 is 29.5 Å². The van der Waals surface area contributed by atoms with Gasteiger partial charge in [0.1, 0.15) is 29.7 Å². The van der Waals surface area contributed by atoms with Crippen LogP contribution in [0.2, 0.25) is 0 Å². The van der Waals surface area contributed by atoms with Crippen LogP contribution in [0, 0.1) is 5.92 Å². The molecule has 2 heterocycles. The van der Waals surface area contributed by atoms with E-state index in [0.717, 1.165) is 30.7 Å². The van der Waals surface area contributed by atoms with Crippen LogP contribution >= 0.6 is 0 Å². The lowest BCUT2D eigenvalue weighted by Gasteiger charge is -2.25. The minimum atomic E-state index is -1.16. The van der Waals surface area contributed by atoms with Crippen molar-refractivity contribution in [2.45, 2.75) is 76.5 Å². The smallest absolute Gasteiger partial charge is 0.413 e. The van der Waals surface area contributed by atoms with Crippen LogP contribution in [0.1, 0.15) is 58.3 Å². The number of amides is 4. The molecule has 4 amide bonds. The average Bonchev–Trinajstić information content (AvgIpc) is 3.83. The highest BCUT2D eigenvalue weighted by Gasteiger charge is 2.42. The second-order valence-electron chi connectivity index (χ2n) is 12.4. The van der Waals surface area contributed by atoms with Gasteiger partial charge in [-0.2, -0.15) is 0 Å². The fourth-order valence-corrected chi connectivity index (χ4v) is 5.90. The van der Waals surface area contributed by atoms with Gasteiger partial charge in [0.25, 0.3) is 5.91 Å². The van der Waals surface area contributed by atoms with E-state index in [9.17, 15) is 24.3 Å². The zero-order valence-corrected chi connectivity index (χ0v) is 27.9. The Balaban J connectivity index is 1.32. The number of benzene rings is 2. The van der Waals surface area contributed by atoms with E-state index in [4.69, 9.17) is 19.2 Å². The number of fused-ring (bicyclic) bond motifs is 1. The topological polar surface area (TPSA) is 156 Å². The third-order valence-corrected chi connectivity index (χ3v) is 8.66. The van der Waals surface area contributed by atoms with E-state index in [1.54, 1.807) is 26.2 Å².